The van der Waals surface area contributed by atoms with E-state index in [-0.39, 0.29) is 0 Å². The molecule has 0 spiro atoms. The van der Waals surface area contributed by atoms with E-state index in [1.54, 1.807) is 7.11 Å². The fourth-order valence-corrected chi connectivity index (χ4v) is 2.94. The summed E-state index contributed by atoms with van der Waals surface area (Å²) in [5.41, 5.74) is 2.60. The number of rotatable bonds is 6. The number of likely N-dealkylation sites (N-methyl/N-ethyl adjacent to an activating group) is 1. The fraction of sp³-hybridized carbons (Fsp3) is 0.294. The van der Waals surface area contributed by atoms with Crippen molar-refractivity contribution in [3.05, 3.63) is 64.1 Å². The van der Waals surface area contributed by atoms with Gasteiger partial charge < -0.3 is 10.1 Å². The molecule has 2 rings (SSSR count). The largest absolute Gasteiger partial charge is 0.497 e. The van der Waals surface area contributed by atoms with E-state index in [1.807, 2.05) is 12.1 Å². The summed E-state index contributed by atoms with van der Waals surface area (Å²) < 4.78 is 6.34. The number of nitrogens with one attached hydrogen (secondary N) is 1. The molecule has 0 saturated carbocycles. The highest BCUT2D eigenvalue weighted by molar-refractivity contribution is 9.10. The first-order valence-corrected chi connectivity index (χ1v) is 7.64. The van der Waals surface area contributed by atoms with Gasteiger partial charge in [-0.05, 0) is 36.2 Å². The number of halogens is 1. The Morgan fingerprint density at radius 2 is 1.90 bits per heavy atom. The maximum atomic E-state index is 5.26. The summed E-state index contributed by atoms with van der Waals surface area (Å²) in [4.78, 5) is 0. The first-order valence-electron chi connectivity index (χ1n) is 6.85. The summed E-state index contributed by atoms with van der Waals surface area (Å²) in [6, 6.07) is 17.0. The fourth-order valence-electron chi connectivity index (χ4n) is 2.31. The Bertz CT molecular complexity index is 542. The lowest BCUT2D eigenvalue weighted by Gasteiger charge is -2.20. The molecule has 0 saturated heterocycles. The molecule has 0 aliphatic carbocycles. The van der Waals surface area contributed by atoms with Crippen molar-refractivity contribution in [2.24, 2.45) is 0 Å². The quantitative estimate of drug-likeness (QED) is 0.848. The molecule has 0 bridgehead atoms. The number of benzene rings is 2. The molecule has 2 aromatic carbocycles. The second kappa shape index (κ2) is 7.46. The smallest absolute Gasteiger partial charge is 0.120 e. The van der Waals surface area contributed by atoms with Crippen LogP contribution in [0.25, 0.3) is 0 Å². The van der Waals surface area contributed by atoms with Crippen LogP contribution in [0.1, 0.15) is 24.1 Å². The first-order chi connectivity index (χ1) is 9.74. The van der Waals surface area contributed by atoms with Gasteiger partial charge in [0.25, 0.3) is 0 Å². The van der Waals surface area contributed by atoms with Crippen molar-refractivity contribution in [3.63, 3.8) is 0 Å². The minimum atomic E-state index is 0.294. The molecule has 0 heterocycles. The molecular formula is C17H20BrNO. The molecule has 1 atom stereocenters. The third kappa shape index (κ3) is 3.84. The zero-order chi connectivity index (χ0) is 14.4. The number of methoxy groups -OCH3 is 1. The Labute approximate surface area is 129 Å². The molecule has 1 N–H and O–H groups in total. The van der Waals surface area contributed by atoms with Crippen molar-refractivity contribution in [1.29, 1.82) is 0 Å². The van der Waals surface area contributed by atoms with Crippen LogP contribution < -0.4 is 10.1 Å². The van der Waals surface area contributed by atoms with Crippen LogP contribution in [0.4, 0.5) is 0 Å². The number of hydrogen-bond donors (Lipinski definition) is 1. The molecule has 2 aromatic rings. The first kappa shape index (κ1) is 15.1. The maximum absolute atomic E-state index is 5.26. The van der Waals surface area contributed by atoms with Crippen molar-refractivity contribution in [2.45, 2.75) is 19.4 Å². The highest BCUT2D eigenvalue weighted by atomic mass is 79.9. The van der Waals surface area contributed by atoms with E-state index in [2.05, 4.69) is 64.6 Å². The predicted molar refractivity (Wildman–Crippen MR) is 87.3 cm³/mol. The van der Waals surface area contributed by atoms with Crippen molar-refractivity contribution >= 4 is 15.9 Å². The highest BCUT2D eigenvalue weighted by Crippen LogP contribution is 2.29. The lowest BCUT2D eigenvalue weighted by Crippen LogP contribution is -2.23. The predicted octanol–water partition coefficient (Wildman–Crippen LogP) is 4.35. The van der Waals surface area contributed by atoms with E-state index >= 15 is 0 Å². The van der Waals surface area contributed by atoms with E-state index in [1.165, 1.54) is 11.1 Å². The topological polar surface area (TPSA) is 21.3 Å². The van der Waals surface area contributed by atoms with Crippen molar-refractivity contribution in [2.75, 3.05) is 13.7 Å². The molecule has 0 aromatic heterocycles. The van der Waals surface area contributed by atoms with E-state index in [0.717, 1.165) is 23.2 Å². The summed E-state index contributed by atoms with van der Waals surface area (Å²) in [7, 11) is 1.69. The molecule has 3 heteroatoms. The molecule has 106 valence electrons. The van der Waals surface area contributed by atoms with E-state index in [0.29, 0.717) is 6.04 Å². The van der Waals surface area contributed by atoms with Gasteiger partial charge in [0.2, 0.25) is 0 Å². The monoisotopic (exact) mass is 333 g/mol. The van der Waals surface area contributed by atoms with Crippen molar-refractivity contribution in [1.82, 2.24) is 5.32 Å². The lowest BCUT2D eigenvalue weighted by atomic mass is 9.98. The maximum Gasteiger partial charge on any atom is 0.120 e. The minimum Gasteiger partial charge on any atom is -0.497 e. The summed E-state index contributed by atoms with van der Waals surface area (Å²) in [6.07, 6.45) is 0.972. The van der Waals surface area contributed by atoms with Gasteiger partial charge in [0.1, 0.15) is 5.75 Å². The zero-order valence-corrected chi connectivity index (χ0v) is 13.5. The molecule has 1 unspecified atom stereocenters. The van der Waals surface area contributed by atoms with Crippen LogP contribution in [0.15, 0.2) is 53.0 Å². The van der Waals surface area contributed by atoms with Crippen LogP contribution in [-0.4, -0.2) is 13.7 Å². The Morgan fingerprint density at radius 3 is 2.50 bits per heavy atom. The summed E-state index contributed by atoms with van der Waals surface area (Å²) >= 11 is 3.65. The van der Waals surface area contributed by atoms with Crippen LogP contribution in [-0.2, 0) is 6.42 Å². The Morgan fingerprint density at radius 1 is 1.15 bits per heavy atom. The van der Waals surface area contributed by atoms with Gasteiger partial charge in [-0.25, -0.2) is 0 Å². The normalized spacial score (nSPS) is 12.2. The van der Waals surface area contributed by atoms with Crippen LogP contribution >= 0.6 is 15.9 Å². The molecule has 0 fully saturated rings. The standard InChI is InChI=1S/C17H20BrNO/c1-3-19-17(11-13-7-5-4-6-8-13)15-10-9-14(20-2)12-16(15)18/h4-10,12,17,19H,3,11H2,1-2H3. The van der Waals surface area contributed by atoms with Gasteiger partial charge >= 0.3 is 0 Å². The molecule has 0 aliphatic heterocycles. The van der Waals surface area contributed by atoms with Crippen LogP contribution in [0.3, 0.4) is 0 Å². The second-order valence-corrected chi connectivity index (χ2v) is 5.54. The average Bonchev–Trinajstić information content (AvgIpc) is 2.48. The van der Waals surface area contributed by atoms with Gasteiger partial charge in [-0.1, -0.05) is 59.3 Å². The van der Waals surface area contributed by atoms with E-state index in [9.17, 15) is 0 Å². The van der Waals surface area contributed by atoms with Gasteiger partial charge in [-0.15, -0.1) is 0 Å². The Hall–Kier alpha value is -1.32. The molecule has 0 aliphatic rings. The average molecular weight is 334 g/mol. The Balaban J connectivity index is 2.24. The minimum absolute atomic E-state index is 0.294. The molecule has 20 heavy (non-hydrogen) atoms. The van der Waals surface area contributed by atoms with Gasteiger partial charge in [0.15, 0.2) is 0 Å². The van der Waals surface area contributed by atoms with Gasteiger partial charge in [-0.3, -0.25) is 0 Å². The highest BCUT2D eigenvalue weighted by Gasteiger charge is 2.14. The number of hydrogen-bond acceptors (Lipinski definition) is 2. The summed E-state index contributed by atoms with van der Waals surface area (Å²) in [5.74, 6) is 0.871. The van der Waals surface area contributed by atoms with Crippen LogP contribution in [0.5, 0.6) is 5.75 Å². The zero-order valence-electron chi connectivity index (χ0n) is 11.9. The second-order valence-electron chi connectivity index (χ2n) is 4.69. The third-order valence-electron chi connectivity index (χ3n) is 3.32. The number of ether oxygens (including phenoxy) is 1. The lowest BCUT2D eigenvalue weighted by molar-refractivity contribution is 0.414. The SMILES string of the molecule is CCNC(Cc1ccccc1)c1ccc(OC)cc1Br. The van der Waals surface area contributed by atoms with E-state index in [4.69, 9.17) is 4.74 Å². The van der Waals surface area contributed by atoms with Gasteiger partial charge in [0, 0.05) is 10.5 Å². The molecule has 2 nitrogen and oxygen atoms in total. The van der Waals surface area contributed by atoms with E-state index < -0.39 is 0 Å². The third-order valence-corrected chi connectivity index (χ3v) is 4.00. The summed E-state index contributed by atoms with van der Waals surface area (Å²) in [6.45, 7) is 3.07. The van der Waals surface area contributed by atoms with Crippen molar-refractivity contribution < 1.29 is 4.74 Å². The summed E-state index contributed by atoms with van der Waals surface area (Å²) in [5, 5.41) is 3.55. The van der Waals surface area contributed by atoms with Crippen LogP contribution in [0, 0.1) is 0 Å². The van der Waals surface area contributed by atoms with Crippen molar-refractivity contribution in [3.8, 4) is 5.75 Å². The molecule has 0 amide bonds. The Kier molecular flexibility index (Phi) is 5.62. The van der Waals surface area contributed by atoms with Gasteiger partial charge in [0.05, 0.1) is 7.11 Å². The molecular weight excluding hydrogens is 314 g/mol. The van der Waals surface area contributed by atoms with Crippen LogP contribution in [0.2, 0.25) is 0 Å². The van der Waals surface area contributed by atoms with Gasteiger partial charge in [-0.2, -0.15) is 0 Å². The molecule has 0 radical (unpaired) electrons.